The monoisotopic (exact) mass is 487 g/mol. The van der Waals surface area contributed by atoms with Crippen LogP contribution in [0.15, 0.2) is 72.8 Å². The molecule has 3 heteroatoms. The number of amides is 2. The minimum atomic E-state index is -0.238. The van der Waals surface area contributed by atoms with Crippen LogP contribution in [0, 0.1) is 13.8 Å². The van der Waals surface area contributed by atoms with Crippen molar-refractivity contribution >= 4 is 87.2 Å². The molecule has 0 unspecified atom stereocenters. The number of carbonyl (C=O) groups excluding carboxylic acids is 2. The Labute approximate surface area is 217 Å². The maximum absolute atomic E-state index is 13.1. The molecule has 0 radical (unpaired) electrons. The number of hydrogen-bond acceptors (Lipinski definition) is 2. The van der Waals surface area contributed by atoms with E-state index in [2.05, 4.69) is 74.5 Å². The number of rotatable bonds is 0. The average molecular weight is 488 g/mol. The smallest absolute Gasteiger partial charge is 0.261 e. The third kappa shape index (κ3) is 2.08. The molecule has 0 spiro atoms. The number of aryl methyl sites for hydroxylation is 2. The SMILES string of the molecule is Cc1ccc2c3ccc4c5ccc6c7c(ccc(c8ccc(c9ccc(C)c1c29)c3c48)c75)C(=O)N(C)C6=O. The van der Waals surface area contributed by atoms with Crippen molar-refractivity contribution in [1.29, 1.82) is 0 Å². The molecule has 8 aromatic rings. The van der Waals surface area contributed by atoms with E-state index in [-0.39, 0.29) is 11.8 Å². The Morgan fingerprint density at radius 3 is 1.08 bits per heavy atom. The third-order valence-corrected chi connectivity index (χ3v) is 9.13. The van der Waals surface area contributed by atoms with Crippen LogP contribution in [-0.2, 0) is 0 Å². The molecule has 178 valence electrons. The summed E-state index contributed by atoms with van der Waals surface area (Å²) in [6, 6.07) is 26.0. The average Bonchev–Trinajstić information content (AvgIpc) is 2.94. The fourth-order valence-electron chi connectivity index (χ4n) is 7.47. The van der Waals surface area contributed by atoms with E-state index in [9.17, 15) is 9.59 Å². The van der Waals surface area contributed by atoms with Gasteiger partial charge in [-0.3, -0.25) is 14.5 Å². The Morgan fingerprint density at radius 2 is 0.684 bits per heavy atom. The van der Waals surface area contributed by atoms with E-state index in [0.29, 0.717) is 11.1 Å². The lowest BCUT2D eigenvalue weighted by atomic mass is 9.81. The molecule has 1 aliphatic heterocycles. The summed E-state index contributed by atoms with van der Waals surface area (Å²) in [6.07, 6.45) is 0. The van der Waals surface area contributed by atoms with Crippen LogP contribution in [0.5, 0.6) is 0 Å². The summed E-state index contributed by atoms with van der Waals surface area (Å²) < 4.78 is 0. The van der Waals surface area contributed by atoms with E-state index in [1.165, 1.54) is 59.1 Å². The molecule has 3 nitrogen and oxygen atoms in total. The summed E-state index contributed by atoms with van der Waals surface area (Å²) in [4.78, 5) is 27.4. The molecule has 0 aliphatic carbocycles. The second kappa shape index (κ2) is 6.38. The molecule has 0 aromatic heterocycles. The summed E-state index contributed by atoms with van der Waals surface area (Å²) in [5.74, 6) is -0.477. The van der Waals surface area contributed by atoms with Gasteiger partial charge in [-0.1, -0.05) is 60.7 Å². The Bertz CT molecular complexity index is 2260. The summed E-state index contributed by atoms with van der Waals surface area (Å²) in [5, 5.41) is 16.6. The van der Waals surface area contributed by atoms with Crippen LogP contribution < -0.4 is 0 Å². The minimum Gasteiger partial charge on any atom is -0.277 e. The second-order valence-electron chi connectivity index (χ2n) is 10.9. The zero-order valence-corrected chi connectivity index (χ0v) is 21.2. The number of nitrogens with zero attached hydrogens (tertiary/aromatic N) is 1. The quantitative estimate of drug-likeness (QED) is 0.122. The highest BCUT2D eigenvalue weighted by molar-refractivity contribution is 6.44. The first-order chi connectivity index (χ1) is 18.5. The molecule has 9 rings (SSSR count). The van der Waals surface area contributed by atoms with Gasteiger partial charge in [0.25, 0.3) is 11.8 Å². The van der Waals surface area contributed by atoms with Crippen LogP contribution in [0.3, 0.4) is 0 Å². The highest BCUT2D eigenvalue weighted by Gasteiger charge is 2.32. The number of benzene rings is 8. The lowest BCUT2D eigenvalue weighted by molar-refractivity contribution is 0.0651. The fourth-order valence-corrected chi connectivity index (χ4v) is 7.47. The first-order valence-corrected chi connectivity index (χ1v) is 13.0. The zero-order valence-electron chi connectivity index (χ0n) is 21.2. The second-order valence-corrected chi connectivity index (χ2v) is 10.9. The minimum absolute atomic E-state index is 0.238. The van der Waals surface area contributed by atoms with Gasteiger partial charge >= 0.3 is 0 Å². The van der Waals surface area contributed by atoms with Gasteiger partial charge in [-0.05, 0) is 107 Å². The van der Waals surface area contributed by atoms with E-state index in [1.807, 2.05) is 12.1 Å². The zero-order chi connectivity index (χ0) is 25.6. The first-order valence-electron chi connectivity index (χ1n) is 13.0. The van der Waals surface area contributed by atoms with Crippen LogP contribution in [-0.4, -0.2) is 23.8 Å². The highest BCUT2D eigenvalue weighted by Crippen LogP contribution is 2.49. The van der Waals surface area contributed by atoms with Crippen LogP contribution in [0.2, 0.25) is 0 Å². The molecule has 0 bridgehead atoms. The lowest BCUT2D eigenvalue weighted by Crippen LogP contribution is -2.36. The van der Waals surface area contributed by atoms with Crippen LogP contribution >= 0.6 is 0 Å². The van der Waals surface area contributed by atoms with Gasteiger partial charge in [0.2, 0.25) is 0 Å². The molecule has 0 saturated heterocycles. The summed E-state index contributed by atoms with van der Waals surface area (Å²) in [7, 11) is 1.56. The van der Waals surface area contributed by atoms with E-state index in [1.54, 1.807) is 7.05 Å². The highest BCUT2D eigenvalue weighted by atomic mass is 16.2. The van der Waals surface area contributed by atoms with Crippen LogP contribution in [0.1, 0.15) is 31.8 Å². The molecule has 0 fully saturated rings. The van der Waals surface area contributed by atoms with E-state index in [0.717, 1.165) is 32.3 Å². The summed E-state index contributed by atoms with van der Waals surface area (Å²) in [6.45, 7) is 4.40. The van der Waals surface area contributed by atoms with Gasteiger partial charge in [-0.2, -0.15) is 0 Å². The predicted octanol–water partition coefficient (Wildman–Crippen LogP) is 8.48. The van der Waals surface area contributed by atoms with E-state index < -0.39 is 0 Å². The summed E-state index contributed by atoms with van der Waals surface area (Å²) in [5.41, 5.74) is 3.81. The van der Waals surface area contributed by atoms with Gasteiger partial charge in [0.15, 0.2) is 0 Å². The van der Waals surface area contributed by atoms with Gasteiger partial charge in [-0.25, -0.2) is 0 Å². The van der Waals surface area contributed by atoms with Crippen molar-refractivity contribution in [2.24, 2.45) is 0 Å². The third-order valence-electron chi connectivity index (χ3n) is 9.13. The Kier molecular flexibility index (Phi) is 3.41. The van der Waals surface area contributed by atoms with Crippen molar-refractivity contribution in [2.45, 2.75) is 13.8 Å². The molecule has 2 amide bonds. The van der Waals surface area contributed by atoms with E-state index >= 15 is 0 Å². The Balaban J connectivity index is 1.58. The van der Waals surface area contributed by atoms with Gasteiger partial charge in [0, 0.05) is 23.6 Å². The van der Waals surface area contributed by atoms with Crippen LogP contribution in [0.25, 0.3) is 75.4 Å². The number of imide groups is 1. The van der Waals surface area contributed by atoms with Gasteiger partial charge in [-0.15, -0.1) is 0 Å². The Morgan fingerprint density at radius 1 is 0.395 bits per heavy atom. The molecule has 1 aliphatic rings. The first kappa shape index (κ1) is 20.3. The number of hydrogen-bond donors (Lipinski definition) is 0. The molecule has 0 N–H and O–H groups in total. The van der Waals surface area contributed by atoms with E-state index in [4.69, 9.17) is 0 Å². The molecule has 0 atom stereocenters. The number of carbonyl (C=O) groups is 2. The topological polar surface area (TPSA) is 37.4 Å². The van der Waals surface area contributed by atoms with Crippen molar-refractivity contribution in [3.63, 3.8) is 0 Å². The van der Waals surface area contributed by atoms with Crippen molar-refractivity contribution in [2.75, 3.05) is 7.05 Å². The standard InChI is InChI=1S/C35H21NO2/c1-16-4-6-18-20-8-10-22-24-12-14-26-33-27(35(38)36(3)34(26)37)15-13-25(32(24)33)23-11-9-21(30(20)31(22)23)19-7-5-17(2)28(16)29(18)19/h4-15H,1-3H3. The van der Waals surface area contributed by atoms with Crippen LogP contribution in [0.4, 0.5) is 0 Å². The summed E-state index contributed by atoms with van der Waals surface area (Å²) >= 11 is 0. The van der Waals surface area contributed by atoms with Gasteiger partial charge in [0.05, 0.1) is 0 Å². The maximum Gasteiger partial charge on any atom is 0.261 e. The largest absolute Gasteiger partial charge is 0.277 e. The molecule has 0 saturated carbocycles. The normalized spacial score (nSPS) is 14.2. The van der Waals surface area contributed by atoms with Crippen molar-refractivity contribution in [3.05, 3.63) is 95.1 Å². The molecule has 8 aromatic carbocycles. The molecule has 38 heavy (non-hydrogen) atoms. The molecular formula is C35H21NO2. The molecular weight excluding hydrogens is 466 g/mol. The number of fused-ring (bicyclic) bond motifs is 4. The predicted molar refractivity (Wildman–Crippen MR) is 157 cm³/mol. The fraction of sp³-hybridized carbons (Fsp3) is 0.0857. The van der Waals surface area contributed by atoms with Crippen molar-refractivity contribution < 1.29 is 9.59 Å². The van der Waals surface area contributed by atoms with Gasteiger partial charge < -0.3 is 0 Å². The van der Waals surface area contributed by atoms with Crippen molar-refractivity contribution in [3.8, 4) is 0 Å². The lowest BCUT2D eigenvalue weighted by Gasteiger charge is -2.26. The molecule has 1 heterocycles. The van der Waals surface area contributed by atoms with Crippen molar-refractivity contribution in [1.82, 2.24) is 4.90 Å². The van der Waals surface area contributed by atoms with Gasteiger partial charge in [0.1, 0.15) is 0 Å². The Hall–Kier alpha value is -4.76. The maximum atomic E-state index is 13.1.